The molecule has 0 aromatic carbocycles. The zero-order valence-electron chi connectivity index (χ0n) is 10.4. The van der Waals surface area contributed by atoms with Crippen molar-refractivity contribution in [2.24, 2.45) is 0 Å². The molecule has 1 radical (unpaired) electrons. The lowest BCUT2D eigenvalue weighted by Crippen LogP contribution is -2.01. The average molecular weight is 203 g/mol. The van der Waals surface area contributed by atoms with Crippen LogP contribution < -0.4 is 0 Å². The molecule has 0 heterocycles. The first kappa shape index (κ1) is 11.0. The molecule has 0 aromatic rings. The molecule has 15 heavy (non-hydrogen) atoms. The van der Waals surface area contributed by atoms with Crippen molar-refractivity contribution in [1.82, 2.24) is 0 Å². The SMILES string of the molecule is CCCCC1=C(C)C2=C(CCCC2)[C]1C. The number of rotatable bonds is 3. The van der Waals surface area contributed by atoms with Gasteiger partial charge in [0.1, 0.15) is 0 Å². The van der Waals surface area contributed by atoms with Crippen LogP contribution in [0.5, 0.6) is 0 Å². The monoisotopic (exact) mass is 203 g/mol. The normalized spacial score (nSPS) is 22.6. The van der Waals surface area contributed by atoms with Gasteiger partial charge in [-0.05, 0) is 56.6 Å². The van der Waals surface area contributed by atoms with E-state index in [4.69, 9.17) is 0 Å². The van der Waals surface area contributed by atoms with E-state index in [0.29, 0.717) is 0 Å². The molecular weight excluding hydrogens is 180 g/mol. The largest absolute Gasteiger partial charge is 0.0654 e. The zero-order valence-corrected chi connectivity index (χ0v) is 10.4. The van der Waals surface area contributed by atoms with Crippen LogP contribution in [0.15, 0.2) is 22.3 Å². The fraction of sp³-hybridized carbons (Fsp3) is 0.667. The molecule has 0 saturated heterocycles. The highest BCUT2D eigenvalue weighted by atomic mass is 14.3. The van der Waals surface area contributed by atoms with E-state index in [2.05, 4.69) is 20.8 Å². The summed E-state index contributed by atoms with van der Waals surface area (Å²) >= 11 is 0. The fourth-order valence-electron chi connectivity index (χ4n) is 3.11. The molecule has 2 rings (SSSR count). The maximum atomic E-state index is 2.35. The van der Waals surface area contributed by atoms with Gasteiger partial charge in [-0.3, -0.25) is 0 Å². The third-order valence-electron chi connectivity index (χ3n) is 4.06. The highest BCUT2D eigenvalue weighted by molar-refractivity contribution is 5.59. The predicted molar refractivity (Wildman–Crippen MR) is 66.6 cm³/mol. The van der Waals surface area contributed by atoms with E-state index in [0.717, 1.165) is 0 Å². The second-order valence-corrected chi connectivity index (χ2v) is 5.00. The predicted octanol–water partition coefficient (Wildman–Crippen LogP) is 4.97. The Labute approximate surface area is 94.5 Å². The van der Waals surface area contributed by atoms with Crippen molar-refractivity contribution < 1.29 is 0 Å². The van der Waals surface area contributed by atoms with Crippen molar-refractivity contribution in [2.75, 3.05) is 0 Å². The molecule has 0 spiro atoms. The zero-order chi connectivity index (χ0) is 10.8. The summed E-state index contributed by atoms with van der Waals surface area (Å²) in [6.45, 7) is 6.98. The van der Waals surface area contributed by atoms with E-state index in [1.807, 2.05) is 0 Å². The van der Waals surface area contributed by atoms with Gasteiger partial charge in [-0.2, -0.15) is 0 Å². The van der Waals surface area contributed by atoms with Crippen LogP contribution >= 0.6 is 0 Å². The van der Waals surface area contributed by atoms with Crippen molar-refractivity contribution >= 4 is 0 Å². The van der Waals surface area contributed by atoms with Crippen molar-refractivity contribution in [3.8, 4) is 0 Å². The molecule has 0 atom stereocenters. The molecule has 0 nitrogen and oxygen atoms in total. The van der Waals surface area contributed by atoms with E-state index >= 15 is 0 Å². The molecule has 0 saturated carbocycles. The van der Waals surface area contributed by atoms with Gasteiger partial charge in [0.05, 0.1) is 0 Å². The molecule has 0 amide bonds. The van der Waals surface area contributed by atoms with Gasteiger partial charge in [-0.1, -0.05) is 31.4 Å². The van der Waals surface area contributed by atoms with Crippen LogP contribution in [0.25, 0.3) is 0 Å². The Morgan fingerprint density at radius 1 is 1.00 bits per heavy atom. The van der Waals surface area contributed by atoms with E-state index in [1.165, 1.54) is 44.9 Å². The van der Waals surface area contributed by atoms with Gasteiger partial charge in [-0.15, -0.1) is 0 Å². The summed E-state index contributed by atoms with van der Waals surface area (Å²) in [6, 6.07) is 0. The maximum Gasteiger partial charge on any atom is 0.0232 e. The topological polar surface area (TPSA) is 0 Å². The third kappa shape index (κ3) is 1.91. The Morgan fingerprint density at radius 2 is 1.67 bits per heavy atom. The van der Waals surface area contributed by atoms with Crippen LogP contribution in [-0.4, -0.2) is 0 Å². The van der Waals surface area contributed by atoms with E-state index in [9.17, 15) is 0 Å². The molecule has 0 N–H and O–H groups in total. The van der Waals surface area contributed by atoms with Crippen LogP contribution in [-0.2, 0) is 0 Å². The summed E-state index contributed by atoms with van der Waals surface area (Å²) in [5.74, 6) is 1.63. The molecule has 2 aliphatic carbocycles. The Kier molecular flexibility index (Phi) is 3.33. The first-order chi connectivity index (χ1) is 7.25. The minimum atomic E-state index is 1.31. The summed E-state index contributed by atoms with van der Waals surface area (Å²) in [6.07, 6.45) is 9.47. The smallest absolute Gasteiger partial charge is 0.0232 e. The van der Waals surface area contributed by atoms with Crippen molar-refractivity contribution in [3.05, 3.63) is 28.2 Å². The molecule has 0 aromatic heterocycles. The number of unbranched alkanes of at least 4 members (excludes halogenated alkanes) is 1. The standard InChI is InChI=1S/C15H23/c1-4-5-8-13-11(2)14-9-6-7-10-15(14)12(13)3/h4-10H2,1-3H3. The number of hydrogen-bond acceptors (Lipinski definition) is 0. The van der Waals surface area contributed by atoms with Gasteiger partial charge < -0.3 is 0 Å². The Morgan fingerprint density at radius 3 is 2.27 bits per heavy atom. The Hall–Kier alpha value is -0.520. The minimum Gasteiger partial charge on any atom is -0.0654 e. The van der Waals surface area contributed by atoms with Gasteiger partial charge >= 0.3 is 0 Å². The third-order valence-corrected chi connectivity index (χ3v) is 4.06. The number of allylic oxidation sites excluding steroid dienone is 4. The highest BCUT2D eigenvalue weighted by Gasteiger charge is 2.29. The molecule has 0 fully saturated rings. The highest BCUT2D eigenvalue weighted by Crippen LogP contribution is 2.46. The minimum absolute atomic E-state index is 1.31. The lowest BCUT2D eigenvalue weighted by Gasteiger charge is -2.18. The first-order valence-electron chi connectivity index (χ1n) is 6.52. The summed E-state index contributed by atoms with van der Waals surface area (Å²) in [4.78, 5) is 0. The number of hydrogen-bond donors (Lipinski definition) is 0. The second-order valence-electron chi connectivity index (χ2n) is 5.00. The molecule has 0 heteroatoms. The molecule has 0 aliphatic heterocycles. The van der Waals surface area contributed by atoms with Gasteiger partial charge in [0.15, 0.2) is 0 Å². The lowest BCUT2D eigenvalue weighted by molar-refractivity contribution is 0.680. The fourth-order valence-corrected chi connectivity index (χ4v) is 3.11. The van der Waals surface area contributed by atoms with Gasteiger partial charge in [0, 0.05) is 5.92 Å². The van der Waals surface area contributed by atoms with Gasteiger partial charge in [0.25, 0.3) is 0 Å². The Bertz CT molecular complexity index is 304. The van der Waals surface area contributed by atoms with Crippen LogP contribution in [0.3, 0.4) is 0 Å². The van der Waals surface area contributed by atoms with E-state index in [1.54, 1.807) is 28.2 Å². The molecule has 2 aliphatic rings. The molecule has 0 bridgehead atoms. The summed E-state index contributed by atoms with van der Waals surface area (Å²) in [5, 5.41) is 0. The van der Waals surface area contributed by atoms with Crippen LogP contribution in [0, 0.1) is 5.92 Å². The van der Waals surface area contributed by atoms with Crippen molar-refractivity contribution in [1.29, 1.82) is 0 Å². The quantitative estimate of drug-likeness (QED) is 0.607. The summed E-state index contributed by atoms with van der Waals surface area (Å²) < 4.78 is 0. The van der Waals surface area contributed by atoms with Crippen LogP contribution in [0.4, 0.5) is 0 Å². The summed E-state index contributed by atoms with van der Waals surface area (Å²) in [5.41, 5.74) is 6.74. The molecule has 0 unspecified atom stereocenters. The summed E-state index contributed by atoms with van der Waals surface area (Å²) in [7, 11) is 0. The van der Waals surface area contributed by atoms with E-state index < -0.39 is 0 Å². The van der Waals surface area contributed by atoms with Crippen molar-refractivity contribution in [3.63, 3.8) is 0 Å². The van der Waals surface area contributed by atoms with Crippen LogP contribution in [0.1, 0.15) is 65.7 Å². The van der Waals surface area contributed by atoms with Crippen molar-refractivity contribution in [2.45, 2.75) is 65.7 Å². The molecular formula is C15H23. The molecule has 83 valence electrons. The lowest BCUT2D eigenvalue weighted by atomic mass is 9.87. The van der Waals surface area contributed by atoms with Gasteiger partial charge in [-0.25, -0.2) is 0 Å². The average Bonchev–Trinajstić information content (AvgIpc) is 2.51. The Balaban J connectivity index is 2.17. The first-order valence-corrected chi connectivity index (χ1v) is 6.52. The van der Waals surface area contributed by atoms with Gasteiger partial charge in [0.2, 0.25) is 0 Å². The van der Waals surface area contributed by atoms with E-state index in [-0.39, 0.29) is 0 Å². The van der Waals surface area contributed by atoms with Crippen LogP contribution in [0.2, 0.25) is 0 Å². The second kappa shape index (κ2) is 4.55. The maximum absolute atomic E-state index is 2.35.